The molecule has 31 heavy (non-hydrogen) atoms. The monoisotopic (exact) mass is 420 g/mol. The Labute approximate surface area is 180 Å². The molecule has 0 spiro atoms. The highest BCUT2D eigenvalue weighted by molar-refractivity contribution is 5.84. The van der Waals surface area contributed by atoms with Crippen LogP contribution in [0.5, 0.6) is 17.2 Å². The zero-order valence-electron chi connectivity index (χ0n) is 17.4. The van der Waals surface area contributed by atoms with E-state index in [1.165, 1.54) is 7.11 Å². The summed E-state index contributed by atoms with van der Waals surface area (Å²) in [6.45, 7) is -0.236. The van der Waals surface area contributed by atoms with Crippen LogP contribution in [0.2, 0.25) is 0 Å². The molecule has 0 saturated heterocycles. The maximum atomic E-state index is 12.1. The number of hydrogen-bond acceptors (Lipinski definition) is 5. The van der Waals surface area contributed by atoms with Gasteiger partial charge in [-0.1, -0.05) is 54.6 Å². The molecular formula is C24H24N2O5. The van der Waals surface area contributed by atoms with Crippen molar-refractivity contribution in [3.05, 3.63) is 78.4 Å². The van der Waals surface area contributed by atoms with Crippen molar-refractivity contribution in [2.75, 3.05) is 20.8 Å². The van der Waals surface area contributed by atoms with Crippen molar-refractivity contribution in [2.45, 2.75) is 6.42 Å². The first-order valence-corrected chi connectivity index (χ1v) is 9.66. The number of rotatable bonds is 8. The fourth-order valence-corrected chi connectivity index (χ4v) is 2.99. The van der Waals surface area contributed by atoms with Crippen LogP contribution in [-0.2, 0) is 16.0 Å². The first kappa shape index (κ1) is 21.7. The van der Waals surface area contributed by atoms with Crippen molar-refractivity contribution in [1.29, 1.82) is 0 Å². The van der Waals surface area contributed by atoms with Gasteiger partial charge in [-0.2, -0.15) is 0 Å². The molecule has 0 bridgehead atoms. The number of hydrogen-bond donors (Lipinski definition) is 2. The molecule has 0 atom stereocenters. The number of nitrogens with one attached hydrogen (secondary N) is 2. The minimum Gasteiger partial charge on any atom is -0.493 e. The first-order chi connectivity index (χ1) is 15.1. The minimum absolute atomic E-state index is 0.0678. The zero-order chi connectivity index (χ0) is 22.1. The van der Waals surface area contributed by atoms with E-state index < -0.39 is 5.91 Å². The van der Waals surface area contributed by atoms with E-state index in [0.717, 1.165) is 16.7 Å². The van der Waals surface area contributed by atoms with Crippen LogP contribution in [-0.4, -0.2) is 32.6 Å². The van der Waals surface area contributed by atoms with E-state index in [4.69, 9.17) is 14.2 Å². The maximum absolute atomic E-state index is 12.1. The predicted octanol–water partition coefficient (Wildman–Crippen LogP) is 3.14. The summed E-state index contributed by atoms with van der Waals surface area (Å²) in [6.07, 6.45) is 0.0678. The lowest BCUT2D eigenvalue weighted by Gasteiger charge is -2.12. The number of carbonyl (C=O) groups is 2. The third-order valence-corrected chi connectivity index (χ3v) is 4.48. The summed E-state index contributed by atoms with van der Waals surface area (Å²) in [5, 5.41) is 0. The second-order valence-electron chi connectivity index (χ2n) is 6.61. The summed E-state index contributed by atoms with van der Waals surface area (Å²) in [4.78, 5) is 24.3. The molecule has 0 heterocycles. The SMILES string of the molecule is COc1ccc(CC(=O)NNC(=O)COc2ccccc2-c2ccccc2)cc1OC. The van der Waals surface area contributed by atoms with Crippen LogP contribution in [0.15, 0.2) is 72.8 Å². The highest BCUT2D eigenvalue weighted by Gasteiger charge is 2.11. The maximum Gasteiger partial charge on any atom is 0.276 e. The van der Waals surface area contributed by atoms with Gasteiger partial charge in [-0.05, 0) is 29.3 Å². The predicted molar refractivity (Wildman–Crippen MR) is 117 cm³/mol. The van der Waals surface area contributed by atoms with Crippen LogP contribution in [0.3, 0.4) is 0 Å². The molecule has 7 heteroatoms. The van der Waals surface area contributed by atoms with Gasteiger partial charge in [-0.15, -0.1) is 0 Å². The van der Waals surface area contributed by atoms with E-state index in [-0.39, 0.29) is 18.9 Å². The summed E-state index contributed by atoms with van der Waals surface area (Å²) in [7, 11) is 3.07. The van der Waals surface area contributed by atoms with Gasteiger partial charge in [-0.3, -0.25) is 20.4 Å². The minimum atomic E-state index is -0.469. The molecule has 3 aromatic carbocycles. The van der Waals surface area contributed by atoms with E-state index >= 15 is 0 Å². The van der Waals surface area contributed by atoms with Gasteiger partial charge in [0.1, 0.15) is 5.75 Å². The van der Waals surface area contributed by atoms with Crippen LogP contribution in [0.25, 0.3) is 11.1 Å². The Hall–Kier alpha value is -4.00. The highest BCUT2D eigenvalue weighted by Crippen LogP contribution is 2.29. The summed E-state index contributed by atoms with van der Waals surface area (Å²) in [6, 6.07) is 22.4. The molecule has 2 amide bonds. The van der Waals surface area contributed by atoms with Crippen LogP contribution < -0.4 is 25.1 Å². The van der Waals surface area contributed by atoms with Crippen LogP contribution in [0.1, 0.15) is 5.56 Å². The molecule has 0 radical (unpaired) electrons. The Kier molecular flexibility index (Phi) is 7.48. The van der Waals surface area contributed by atoms with Gasteiger partial charge in [0.2, 0.25) is 5.91 Å². The Morgan fingerprint density at radius 1 is 0.742 bits per heavy atom. The lowest BCUT2D eigenvalue weighted by atomic mass is 10.1. The molecule has 3 aromatic rings. The molecule has 160 valence electrons. The molecule has 0 fully saturated rings. The number of benzene rings is 3. The standard InChI is InChI=1S/C24H24N2O5/c1-29-21-13-12-17(14-22(21)30-2)15-23(27)25-26-24(28)16-31-20-11-7-6-10-19(20)18-8-4-3-5-9-18/h3-14H,15-16H2,1-2H3,(H,25,27)(H,26,28). The summed E-state index contributed by atoms with van der Waals surface area (Å²) in [5.41, 5.74) is 7.34. The van der Waals surface area contributed by atoms with Gasteiger partial charge in [0.15, 0.2) is 18.1 Å². The van der Waals surface area contributed by atoms with Gasteiger partial charge in [-0.25, -0.2) is 0 Å². The van der Waals surface area contributed by atoms with Crippen molar-refractivity contribution >= 4 is 11.8 Å². The van der Waals surface area contributed by atoms with Gasteiger partial charge in [0.25, 0.3) is 5.91 Å². The van der Waals surface area contributed by atoms with Gasteiger partial charge < -0.3 is 14.2 Å². The molecule has 2 N–H and O–H groups in total. The zero-order valence-corrected chi connectivity index (χ0v) is 17.4. The van der Waals surface area contributed by atoms with Crippen molar-refractivity contribution in [3.8, 4) is 28.4 Å². The average Bonchev–Trinajstić information content (AvgIpc) is 2.82. The third kappa shape index (κ3) is 5.99. The van der Waals surface area contributed by atoms with Crippen LogP contribution in [0, 0.1) is 0 Å². The lowest BCUT2D eigenvalue weighted by molar-refractivity contribution is -0.129. The average molecular weight is 420 g/mol. The van der Waals surface area contributed by atoms with Crippen molar-refractivity contribution in [3.63, 3.8) is 0 Å². The molecule has 0 unspecified atom stereocenters. The number of ether oxygens (including phenoxy) is 3. The van der Waals surface area contributed by atoms with Gasteiger partial charge >= 0.3 is 0 Å². The number of methoxy groups -OCH3 is 2. The van der Waals surface area contributed by atoms with Crippen LogP contribution in [0.4, 0.5) is 0 Å². The quantitative estimate of drug-likeness (QED) is 0.547. The number of para-hydroxylation sites is 1. The largest absolute Gasteiger partial charge is 0.493 e. The van der Waals surface area contributed by atoms with Crippen molar-refractivity contribution in [1.82, 2.24) is 10.9 Å². The van der Waals surface area contributed by atoms with E-state index in [2.05, 4.69) is 10.9 Å². The molecular weight excluding hydrogens is 396 g/mol. The number of hydrazine groups is 1. The summed E-state index contributed by atoms with van der Waals surface area (Å²) >= 11 is 0. The van der Waals surface area contributed by atoms with Crippen LogP contribution >= 0.6 is 0 Å². The second kappa shape index (κ2) is 10.7. The van der Waals surface area contributed by atoms with Gasteiger partial charge in [0.05, 0.1) is 20.6 Å². The number of carbonyl (C=O) groups excluding carboxylic acids is 2. The molecule has 0 aliphatic heterocycles. The molecule has 3 rings (SSSR count). The molecule has 0 saturated carbocycles. The summed E-state index contributed by atoms with van der Waals surface area (Å²) < 4.78 is 16.1. The molecule has 7 nitrogen and oxygen atoms in total. The fraction of sp³-hybridized carbons (Fsp3) is 0.167. The Bertz CT molecular complexity index is 1040. The Balaban J connectivity index is 1.51. The van der Waals surface area contributed by atoms with Crippen molar-refractivity contribution < 1.29 is 23.8 Å². The summed E-state index contributed by atoms with van der Waals surface area (Å²) in [5.74, 6) is 0.851. The normalized spacial score (nSPS) is 10.1. The molecule has 0 aliphatic carbocycles. The van der Waals surface area contributed by atoms with E-state index in [9.17, 15) is 9.59 Å². The fourth-order valence-electron chi connectivity index (χ4n) is 2.99. The van der Waals surface area contributed by atoms with E-state index in [1.807, 2.05) is 48.5 Å². The van der Waals surface area contributed by atoms with E-state index in [1.54, 1.807) is 31.4 Å². The lowest BCUT2D eigenvalue weighted by Crippen LogP contribution is -2.44. The smallest absolute Gasteiger partial charge is 0.276 e. The van der Waals surface area contributed by atoms with Crippen molar-refractivity contribution in [2.24, 2.45) is 0 Å². The first-order valence-electron chi connectivity index (χ1n) is 9.66. The topological polar surface area (TPSA) is 85.9 Å². The number of amides is 2. The third-order valence-electron chi connectivity index (χ3n) is 4.48. The Morgan fingerprint density at radius 3 is 2.16 bits per heavy atom. The molecule has 0 aliphatic rings. The highest BCUT2D eigenvalue weighted by atomic mass is 16.5. The Morgan fingerprint density at radius 2 is 1.42 bits per heavy atom. The van der Waals surface area contributed by atoms with E-state index in [0.29, 0.717) is 17.2 Å². The van der Waals surface area contributed by atoms with Gasteiger partial charge in [0, 0.05) is 5.56 Å². The second-order valence-corrected chi connectivity index (χ2v) is 6.61. The molecule has 0 aromatic heterocycles.